The Morgan fingerprint density at radius 3 is 2.43 bits per heavy atom. The van der Waals surface area contributed by atoms with E-state index in [0.29, 0.717) is 5.92 Å². The van der Waals surface area contributed by atoms with Crippen molar-refractivity contribution in [2.45, 2.75) is 34.1 Å². The van der Waals surface area contributed by atoms with Crippen molar-refractivity contribution in [3.8, 4) is 0 Å². The molecule has 0 aliphatic rings. The Hall–Kier alpha value is -1.12. The van der Waals surface area contributed by atoms with Gasteiger partial charge in [-0.2, -0.15) is 0 Å². The van der Waals surface area contributed by atoms with E-state index in [4.69, 9.17) is 5.73 Å². The second kappa shape index (κ2) is 6.35. The van der Waals surface area contributed by atoms with E-state index in [0.717, 1.165) is 6.42 Å². The van der Waals surface area contributed by atoms with Crippen LogP contribution in [-0.4, -0.2) is 12.0 Å². The molecule has 0 saturated heterocycles. The summed E-state index contributed by atoms with van der Waals surface area (Å²) in [5.74, 6) is 0.310. The van der Waals surface area contributed by atoms with Crippen molar-refractivity contribution in [3.63, 3.8) is 0 Å². The highest BCUT2D eigenvalue weighted by atomic mass is 16.1. The molecular formula is C11H20N2O. The number of hydrogen-bond donors (Lipinski definition) is 1. The standard InChI is InChI=1S/C11H20N2O/c1-5-9(4)6-13-7-10(12)11(14)8(2)3/h6-9H,5,12H2,1-4H3/b10-7-,13-6?. The van der Waals surface area contributed by atoms with Gasteiger partial charge >= 0.3 is 0 Å². The summed E-state index contributed by atoms with van der Waals surface area (Å²) in [6.07, 6.45) is 4.28. The van der Waals surface area contributed by atoms with Crippen LogP contribution in [-0.2, 0) is 4.79 Å². The summed E-state index contributed by atoms with van der Waals surface area (Å²) in [6, 6.07) is 0. The first kappa shape index (κ1) is 12.9. The van der Waals surface area contributed by atoms with E-state index in [9.17, 15) is 4.79 Å². The number of allylic oxidation sites excluding steroid dienone is 1. The summed E-state index contributed by atoms with van der Waals surface area (Å²) in [5.41, 5.74) is 5.78. The summed E-state index contributed by atoms with van der Waals surface area (Å²) in [7, 11) is 0. The number of nitrogens with two attached hydrogens (primary N) is 1. The van der Waals surface area contributed by atoms with Gasteiger partial charge in [-0.15, -0.1) is 0 Å². The molecule has 0 fully saturated rings. The van der Waals surface area contributed by atoms with Gasteiger partial charge in [-0.05, 0) is 12.3 Å². The Kier molecular flexibility index (Phi) is 5.84. The lowest BCUT2D eigenvalue weighted by molar-refractivity contribution is -0.118. The van der Waals surface area contributed by atoms with Crippen LogP contribution in [0.1, 0.15) is 34.1 Å². The van der Waals surface area contributed by atoms with Crippen LogP contribution in [0.5, 0.6) is 0 Å². The molecule has 0 saturated carbocycles. The number of rotatable bonds is 5. The quantitative estimate of drug-likeness (QED) is 0.541. The predicted molar refractivity (Wildman–Crippen MR) is 60.1 cm³/mol. The molecule has 2 N–H and O–H groups in total. The Morgan fingerprint density at radius 2 is 2.00 bits per heavy atom. The van der Waals surface area contributed by atoms with Crippen LogP contribution in [0.25, 0.3) is 0 Å². The zero-order chi connectivity index (χ0) is 11.1. The van der Waals surface area contributed by atoms with Crippen LogP contribution in [0, 0.1) is 11.8 Å². The van der Waals surface area contributed by atoms with Crippen molar-refractivity contribution in [3.05, 3.63) is 11.9 Å². The van der Waals surface area contributed by atoms with Gasteiger partial charge in [0.05, 0.1) is 11.9 Å². The maximum Gasteiger partial charge on any atom is 0.182 e. The first-order chi connectivity index (χ1) is 6.49. The highest BCUT2D eigenvalue weighted by Gasteiger charge is 2.09. The minimum absolute atomic E-state index is 0.0497. The molecule has 0 spiro atoms. The van der Waals surface area contributed by atoms with Crippen LogP contribution >= 0.6 is 0 Å². The molecule has 14 heavy (non-hydrogen) atoms. The number of carbonyl (C=O) groups excluding carboxylic acids is 1. The van der Waals surface area contributed by atoms with Crippen LogP contribution in [0.2, 0.25) is 0 Å². The van der Waals surface area contributed by atoms with Gasteiger partial charge in [-0.3, -0.25) is 9.79 Å². The number of Topliss-reactive ketones (excluding diaryl/α,β-unsaturated/α-hetero) is 1. The van der Waals surface area contributed by atoms with Gasteiger partial charge in [0, 0.05) is 12.1 Å². The average molecular weight is 196 g/mol. The zero-order valence-electron chi connectivity index (χ0n) is 9.45. The van der Waals surface area contributed by atoms with E-state index in [1.165, 1.54) is 6.20 Å². The lowest BCUT2D eigenvalue weighted by Crippen LogP contribution is -2.16. The van der Waals surface area contributed by atoms with Crippen molar-refractivity contribution in [1.29, 1.82) is 0 Å². The topological polar surface area (TPSA) is 55.4 Å². The second-order valence-electron chi connectivity index (χ2n) is 3.79. The molecule has 3 heteroatoms. The lowest BCUT2D eigenvalue weighted by Gasteiger charge is -2.02. The third-order valence-corrected chi connectivity index (χ3v) is 2.01. The predicted octanol–water partition coefficient (Wildman–Crippen LogP) is 2.13. The summed E-state index contributed by atoms with van der Waals surface area (Å²) in [5, 5.41) is 0. The lowest BCUT2D eigenvalue weighted by atomic mass is 10.1. The van der Waals surface area contributed by atoms with Gasteiger partial charge < -0.3 is 5.73 Å². The van der Waals surface area contributed by atoms with Gasteiger partial charge in [0.15, 0.2) is 5.78 Å². The van der Waals surface area contributed by atoms with Crippen LogP contribution in [0.4, 0.5) is 0 Å². The van der Waals surface area contributed by atoms with Crippen molar-refractivity contribution in [2.75, 3.05) is 0 Å². The summed E-state index contributed by atoms with van der Waals surface area (Å²) in [6.45, 7) is 7.80. The van der Waals surface area contributed by atoms with Gasteiger partial charge in [0.25, 0.3) is 0 Å². The van der Waals surface area contributed by atoms with Crippen molar-refractivity contribution < 1.29 is 4.79 Å². The van der Waals surface area contributed by atoms with Crippen LogP contribution in [0.15, 0.2) is 16.9 Å². The molecule has 1 atom stereocenters. The average Bonchev–Trinajstić information content (AvgIpc) is 2.15. The molecule has 0 aliphatic heterocycles. The van der Waals surface area contributed by atoms with E-state index < -0.39 is 0 Å². The first-order valence-corrected chi connectivity index (χ1v) is 5.02. The minimum Gasteiger partial charge on any atom is -0.395 e. The van der Waals surface area contributed by atoms with E-state index in [1.807, 2.05) is 13.8 Å². The number of nitrogens with zero attached hydrogens (tertiary/aromatic N) is 1. The number of ketones is 1. The molecule has 0 aromatic heterocycles. The van der Waals surface area contributed by atoms with E-state index in [-0.39, 0.29) is 17.4 Å². The van der Waals surface area contributed by atoms with E-state index in [1.54, 1.807) is 6.21 Å². The third-order valence-electron chi connectivity index (χ3n) is 2.01. The number of aliphatic imine (C=N–C) groups is 1. The van der Waals surface area contributed by atoms with Gasteiger partial charge in [-0.1, -0.05) is 27.7 Å². The summed E-state index contributed by atoms with van der Waals surface area (Å²) in [4.78, 5) is 15.3. The first-order valence-electron chi connectivity index (χ1n) is 5.02. The van der Waals surface area contributed by atoms with E-state index in [2.05, 4.69) is 18.8 Å². The summed E-state index contributed by atoms with van der Waals surface area (Å²) >= 11 is 0. The fourth-order valence-electron chi connectivity index (χ4n) is 0.773. The molecule has 1 unspecified atom stereocenters. The fraction of sp³-hybridized carbons (Fsp3) is 0.636. The van der Waals surface area contributed by atoms with Crippen molar-refractivity contribution in [1.82, 2.24) is 0 Å². The Labute approximate surface area is 86.1 Å². The molecule has 0 rings (SSSR count). The molecule has 0 bridgehead atoms. The Morgan fingerprint density at radius 1 is 1.43 bits per heavy atom. The Balaban J connectivity index is 4.25. The van der Waals surface area contributed by atoms with Crippen LogP contribution < -0.4 is 5.73 Å². The maximum atomic E-state index is 11.3. The largest absolute Gasteiger partial charge is 0.395 e. The monoisotopic (exact) mass is 196 g/mol. The second-order valence-corrected chi connectivity index (χ2v) is 3.79. The molecular weight excluding hydrogens is 176 g/mol. The molecule has 80 valence electrons. The molecule has 0 radical (unpaired) electrons. The van der Waals surface area contributed by atoms with Gasteiger partial charge in [0.1, 0.15) is 0 Å². The highest BCUT2D eigenvalue weighted by Crippen LogP contribution is 2.01. The SMILES string of the molecule is CCC(C)C=N/C=C(\N)C(=O)C(C)C. The molecule has 0 aromatic rings. The molecule has 0 aliphatic carbocycles. The Bertz CT molecular complexity index is 242. The number of hydrogen-bond acceptors (Lipinski definition) is 3. The maximum absolute atomic E-state index is 11.3. The van der Waals surface area contributed by atoms with E-state index >= 15 is 0 Å². The summed E-state index contributed by atoms with van der Waals surface area (Å²) < 4.78 is 0. The van der Waals surface area contributed by atoms with Crippen molar-refractivity contribution >= 4 is 12.0 Å². The highest BCUT2D eigenvalue weighted by molar-refractivity contribution is 5.95. The van der Waals surface area contributed by atoms with Gasteiger partial charge in [0.2, 0.25) is 0 Å². The molecule has 0 aromatic carbocycles. The molecule has 0 amide bonds. The smallest absolute Gasteiger partial charge is 0.182 e. The number of carbonyl (C=O) groups is 1. The normalized spacial score (nSPS) is 15.1. The zero-order valence-corrected chi connectivity index (χ0v) is 9.45. The fourth-order valence-corrected chi connectivity index (χ4v) is 0.773. The molecule has 3 nitrogen and oxygen atoms in total. The molecule has 0 heterocycles. The minimum atomic E-state index is -0.0648. The van der Waals surface area contributed by atoms with Crippen LogP contribution in [0.3, 0.4) is 0 Å². The van der Waals surface area contributed by atoms with Crippen molar-refractivity contribution in [2.24, 2.45) is 22.6 Å². The third kappa shape index (κ3) is 4.80. The van der Waals surface area contributed by atoms with Gasteiger partial charge in [-0.25, -0.2) is 0 Å².